The Hall–Kier alpha value is -1.16. The summed E-state index contributed by atoms with van der Waals surface area (Å²) in [5.41, 5.74) is -0.0318. The van der Waals surface area contributed by atoms with Gasteiger partial charge in [-0.25, -0.2) is 4.57 Å². The smallest absolute Gasteiger partial charge is 0.404 e. The van der Waals surface area contributed by atoms with E-state index in [4.69, 9.17) is 9.79 Å². The maximum Gasteiger partial charge on any atom is 0.524 e. The lowest BCUT2D eigenvalue weighted by Gasteiger charge is -2.18. The molecule has 0 saturated carbocycles. The van der Waals surface area contributed by atoms with Crippen LogP contribution in [0.2, 0.25) is 0 Å². The molecular formula is C12H17O5P. The standard InChI is InChI=1S/C12H17O5P/c1-12(2,3)11(13)8-9-6-4-5-7-10(9)17-18(14,15)16/h4-7H,8H2,1-3H3,(H2,14,15,16). The van der Waals surface area contributed by atoms with E-state index in [1.54, 1.807) is 39.0 Å². The molecule has 0 aliphatic carbocycles. The van der Waals surface area contributed by atoms with Gasteiger partial charge in [-0.15, -0.1) is 0 Å². The molecule has 0 aliphatic rings. The molecule has 1 aromatic carbocycles. The van der Waals surface area contributed by atoms with Gasteiger partial charge in [0.2, 0.25) is 0 Å². The Morgan fingerprint density at radius 1 is 1.28 bits per heavy atom. The van der Waals surface area contributed by atoms with Gasteiger partial charge in [0.15, 0.2) is 0 Å². The van der Waals surface area contributed by atoms with Crippen molar-refractivity contribution in [1.82, 2.24) is 0 Å². The maximum absolute atomic E-state index is 11.9. The number of carbonyl (C=O) groups is 1. The molecule has 0 bridgehead atoms. The predicted octanol–water partition coefficient (Wildman–Crippen LogP) is 2.32. The largest absolute Gasteiger partial charge is 0.524 e. The fourth-order valence-corrected chi connectivity index (χ4v) is 1.74. The molecule has 2 N–H and O–H groups in total. The lowest BCUT2D eigenvalue weighted by atomic mass is 9.87. The molecule has 0 amide bonds. The van der Waals surface area contributed by atoms with Gasteiger partial charge in [0, 0.05) is 17.4 Å². The molecule has 6 heteroatoms. The van der Waals surface area contributed by atoms with Crippen LogP contribution >= 0.6 is 7.82 Å². The second-order valence-corrected chi connectivity index (χ2v) is 6.20. The van der Waals surface area contributed by atoms with E-state index in [-0.39, 0.29) is 18.0 Å². The zero-order chi connectivity index (χ0) is 14.0. The minimum absolute atomic E-state index is 0.0238. The molecular weight excluding hydrogens is 255 g/mol. The summed E-state index contributed by atoms with van der Waals surface area (Å²) < 4.78 is 15.4. The highest BCUT2D eigenvalue weighted by Gasteiger charge is 2.24. The lowest BCUT2D eigenvalue weighted by molar-refractivity contribution is -0.125. The van der Waals surface area contributed by atoms with E-state index in [0.717, 1.165) is 0 Å². The number of ketones is 1. The molecule has 100 valence electrons. The zero-order valence-electron chi connectivity index (χ0n) is 10.6. The number of phosphoric ester groups is 1. The molecule has 0 heterocycles. The zero-order valence-corrected chi connectivity index (χ0v) is 11.5. The van der Waals surface area contributed by atoms with E-state index in [1.165, 1.54) is 6.07 Å². The molecule has 0 aliphatic heterocycles. The van der Waals surface area contributed by atoms with Gasteiger partial charge in [-0.05, 0) is 6.07 Å². The predicted molar refractivity (Wildman–Crippen MR) is 67.3 cm³/mol. The van der Waals surface area contributed by atoms with E-state index >= 15 is 0 Å². The molecule has 0 unspecified atom stereocenters. The van der Waals surface area contributed by atoms with Crippen molar-refractivity contribution in [3.05, 3.63) is 29.8 Å². The lowest BCUT2D eigenvalue weighted by Crippen LogP contribution is -2.22. The number of rotatable bonds is 4. The van der Waals surface area contributed by atoms with Crippen LogP contribution in [0.15, 0.2) is 24.3 Å². The molecule has 0 saturated heterocycles. The van der Waals surface area contributed by atoms with E-state index < -0.39 is 13.2 Å². The normalized spacial score (nSPS) is 12.3. The number of benzene rings is 1. The van der Waals surface area contributed by atoms with Crippen molar-refractivity contribution >= 4 is 13.6 Å². The van der Waals surface area contributed by atoms with Crippen molar-refractivity contribution in [2.45, 2.75) is 27.2 Å². The van der Waals surface area contributed by atoms with Crippen molar-refractivity contribution in [3.8, 4) is 5.75 Å². The summed E-state index contributed by atoms with van der Waals surface area (Å²) >= 11 is 0. The Kier molecular flexibility index (Phi) is 4.32. The molecule has 0 atom stereocenters. The number of hydrogen-bond donors (Lipinski definition) is 2. The third kappa shape index (κ3) is 4.61. The van der Waals surface area contributed by atoms with Crippen molar-refractivity contribution in [3.63, 3.8) is 0 Å². The topological polar surface area (TPSA) is 83.8 Å². The number of Topliss-reactive ketones (excluding diaryl/α,β-unsaturated/α-hetero) is 1. The van der Waals surface area contributed by atoms with Crippen molar-refractivity contribution in [2.24, 2.45) is 5.41 Å². The molecule has 0 spiro atoms. The summed E-state index contributed by atoms with van der Waals surface area (Å²) in [6.07, 6.45) is 0.0830. The molecule has 5 nitrogen and oxygen atoms in total. The second kappa shape index (κ2) is 5.22. The maximum atomic E-state index is 11.9. The fraction of sp³-hybridized carbons (Fsp3) is 0.417. The van der Waals surface area contributed by atoms with Crippen LogP contribution in [0, 0.1) is 5.41 Å². The number of carbonyl (C=O) groups excluding carboxylic acids is 1. The third-order valence-corrected chi connectivity index (χ3v) is 2.81. The van der Waals surface area contributed by atoms with Crippen LogP contribution in [0.5, 0.6) is 5.75 Å². The molecule has 18 heavy (non-hydrogen) atoms. The molecule has 1 aromatic rings. The Balaban J connectivity index is 2.97. The second-order valence-electron chi connectivity index (χ2n) is 5.04. The van der Waals surface area contributed by atoms with Gasteiger partial charge >= 0.3 is 7.82 Å². The van der Waals surface area contributed by atoms with Gasteiger partial charge < -0.3 is 4.52 Å². The SMILES string of the molecule is CC(C)(C)C(=O)Cc1ccccc1OP(=O)(O)O. The van der Waals surface area contributed by atoms with E-state index in [0.29, 0.717) is 5.56 Å². The summed E-state index contributed by atoms with van der Waals surface area (Å²) in [6.45, 7) is 5.38. The Labute approximate surface area is 106 Å². The Morgan fingerprint density at radius 2 is 1.83 bits per heavy atom. The van der Waals surface area contributed by atoms with Gasteiger partial charge in [-0.1, -0.05) is 39.0 Å². The Morgan fingerprint density at radius 3 is 2.33 bits per heavy atom. The minimum Gasteiger partial charge on any atom is -0.404 e. The number of hydrogen-bond acceptors (Lipinski definition) is 3. The van der Waals surface area contributed by atoms with Crippen LogP contribution in [-0.4, -0.2) is 15.6 Å². The summed E-state index contributed by atoms with van der Waals surface area (Å²) in [4.78, 5) is 29.5. The van der Waals surface area contributed by atoms with Crippen molar-refractivity contribution in [2.75, 3.05) is 0 Å². The average Bonchev–Trinajstić information content (AvgIpc) is 2.17. The molecule has 0 fully saturated rings. The highest BCUT2D eigenvalue weighted by Crippen LogP contribution is 2.39. The van der Waals surface area contributed by atoms with Gasteiger partial charge in [-0.3, -0.25) is 14.6 Å². The van der Waals surface area contributed by atoms with Gasteiger partial charge in [0.1, 0.15) is 11.5 Å². The fourth-order valence-electron chi connectivity index (χ4n) is 1.31. The van der Waals surface area contributed by atoms with Crippen molar-refractivity contribution < 1.29 is 23.7 Å². The van der Waals surface area contributed by atoms with Gasteiger partial charge in [0.25, 0.3) is 0 Å². The highest BCUT2D eigenvalue weighted by atomic mass is 31.2. The first-order valence-electron chi connectivity index (χ1n) is 5.46. The number of para-hydroxylation sites is 1. The quantitative estimate of drug-likeness (QED) is 0.822. The van der Waals surface area contributed by atoms with E-state index in [1.807, 2.05) is 0 Å². The van der Waals surface area contributed by atoms with E-state index in [2.05, 4.69) is 4.52 Å². The third-order valence-electron chi connectivity index (χ3n) is 2.38. The minimum atomic E-state index is -4.61. The first-order valence-corrected chi connectivity index (χ1v) is 6.99. The highest BCUT2D eigenvalue weighted by molar-refractivity contribution is 7.46. The van der Waals surface area contributed by atoms with Crippen LogP contribution in [0.3, 0.4) is 0 Å². The average molecular weight is 272 g/mol. The van der Waals surface area contributed by atoms with Crippen LogP contribution in [0.1, 0.15) is 26.3 Å². The summed E-state index contributed by atoms with van der Waals surface area (Å²) in [5.74, 6) is 0.0210. The molecule has 0 radical (unpaired) electrons. The van der Waals surface area contributed by atoms with E-state index in [9.17, 15) is 9.36 Å². The molecule has 1 rings (SSSR count). The summed E-state index contributed by atoms with van der Waals surface area (Å²) in [5, 5.41) is 0. The first-order chi connectivity index (χ1) is 8.09. The van der Waals surface area contributed by atoms with Gasteiger partial charge in [0.05, 0.1) is 0 Å². The summed E-state index contributed by atoms with van der Waals surface area (Å²) in [7, 11) is -4.61. The van der Waals surface area contributed by atoms with Crippen LogP contribution < -0.4 is 4.52 Å². The van der Waals surface area contributed by atoms with Crippen LogP contribution in [0.25, 0.3) is 0 Å². The summed E-state index contributed by atoms with van der Waals surface area (Å²) in [6, 6.07) is 6.34. The monoisotopic (exact) mass is 272 g/mol. The van der Waals surface area contributed by atoms with Gasteiger partial charge in [-0.2, -0.15) is 0 Å². The Bertz CT molecular complexity index is 483. The number of phosphoric acid groups is 1. The van der Waals surface area contributed by atoms with Crippen LogP contribution in [-0.2, 0) is 15.8 Å². The molecule has 0 aromatic heterocycles. The van der Waals surface area contributed by atoms with Crippen molar-refractivity contribution in [1.29, 1.82) is 0 Å². The first kappa shape index (κ1) is 14.9. The van der Waals surface area contributed by atoms with Crippen LogP contribution in [0.4, 0.5) is 0 Å².